The number of hydrogen-bond acceptors (Lipinski definition) is 2. The van der Waals surface area contributed by atoms with Gasteiger partial charge < -0.3 is 0 Å². The van der Waals surface area contributed by atoms with E-state index >= 15 is 0 Å². The van der Waals surface area contributed by atoms with Crippen LogP contribution >= 0.6 is 0 Å². The normalized spacial score (nSPS) is 30.1. The summed E-state index contributed by atoms with van der Waals surface area (Å²) >= 11 is 0. The molecule has 0 aromatic carbocycles. The highest BCUT2D eigenvalue weighted by molar-refractivity contribution is 5.82. The van der Waals surface area contributed by atoms with E-state index in [1.807, 2.05) is 6.92 Å². The van der Waals surface area contributed by atoms with E-state index in [1.54, 1.807) is 0 Å². The molecule has 1 unspecified atom stereocenters. The fourth-order valence-electron chi connectivity index (χ4n) is 2.35. The van der Waals surface area contributed by atoms with Crippen LogP contribution in [-0.2, 0) is 4.79 Å². The average molecular weight is 211 g/mol. The van der Waals surface area contributed by atoms with Crippen LogP contribution in [0.15, 0.2) is 0 Å². The van der Waals surface area contributed by atoms with Gasteiger partial charge in [-0.2, -0.15) is 0 Å². The molecule has 1 aliphatic rings. The van der Waals surface area contributed by atoms with Gasteiger partial charge in [0.25, 0.3) is 0 Å². The number of hydrogen-bond donors (Lipinski definition) is 0. The number of nitrogens with zero attached hydrogens (tertiary/aromatic N) is 1. The second-order valence-electron chi connectivity index (χ2n) is 5.08. The Labute approximate surface area is 94.0 Å². The third-order valence-corrected chi connectivity index (χ3v) is 3.88. The van der Waals surface area contributed by atoms with E-state index in [0.29, 0.717) is 24.4 Å². The number of carbonyl (C=O) groups is 1. The molecular formula is C13H25NO. The zero-order valence-electron chi connectivity index (χ0n) is 10.6. The third-order valence-electron chi connectivity index (χ3n) is 3.88. The Morgan fingerprint density at radius 3 is 2.33 bits per heavy atom. The molecule has 0 saturated carbocycles. The summed E-state index contributed by atoms with van der Waals surface area (Å²) < 4.78 is 0. The summed E-state index contributed by atoms with van der Waals surface area (Å²) in [5, 5.41) is 0. The summed E-state index contributed by atoms with van der Waals surface area (Å²) in [6.07, 6.45) is 4.78. The number of ketones is 1. The van der Waals surface area contributed by atoms with Gasteiger partial charge in [0.2, 0.25) is 0 Å². The van der Waals surface area contributed by atoms with Crippen LogP contribution in [0.1, 0.15) is 53.4 Å². The third kappa shape index (κ3) is 3.30. The molecule has 0 N–H and O–H groups in total. The van der Waals surface area contributed by atoms with Crippen molar-refractivity contribution in [2.75, 3.05) is 6.54 Å². The van der Waals surface area contributed by atoms with Crippen LogP contribution in [0.4, 0.5) is 0 Å². The molecule has 88 valence electrons. The summed E-state index contributed by atoms with van der Waals surface area (Å²) in [5.41, 5.74) is 0. The van der Waals surface area contributed by atoms with Crippen LogP contribution in [0.25, 0.3) is 0 Å². The maximum Gasteiger partial charge on any atom is 0.149 e. The lowest BCUT2D eigenvalue weighted by molar-refractivity contribution is -0.125. The van der Waals surface area contributed by atoms with Crippen LogP contribution in [0.5, 0.6) is 0 Å². The van der Waals surface area contributed by atoms with Crippen molar-refractivity contribution in [1.29, 1.82) is 0 Å². The molecule has 0 aromatic rings. The first-order valence-corrected chi connectivity index (χ1v) is 6.34. The first-order valence-electron chi connectivity index (χ1n) is 6.34. The molecule has 0 aromatic heterocycles. The molecule has 1 rings (SSSR count). The first kappa shape index (κ1) is 12.7. The molecule has 1 aliphatic heterocycles. The van der Waals surface area contributed by atoms with Gasteiger partial charge in [-0.05, 0) is 33.1 Å². The molecule has 0 amide bonds. The van der Waals surface area contributed by atoms with Crippen molar-refractivity contribution < 1.29 is 4.79 Å². The summed E-state index contributed by atoms with van der Waals surface area (Å²) in [4.78, 5) is 14.3. The van der Waals surface area contributed by atoms with Crippen molar-refractivity contribution in [2.24, 2.45) is 5.92 Å². The molecule has 0 radical (unpaired) electrons. The minimum Gasteiger partial charge on any atom is -0.298 e. The second kappa shape index (κ2) is 5.64. The first-order chi connectivity index (χ1) is 7.06. The number of carbonyl (C=O) groups excluding carboxylic acids is 1. The minimum atomic E-state index is 0.228. The number of piperidine rings is 1. The van der Waals surface area contributed by atoms with Crippen LogP contribution < -0.4 is 0 Å². The standard InChI is InChI=1S/C13H25NO/c1-5-10(2)13(15)9-14-11(3)7-6-8-12(14)4/h10-12H,5-9H2,1-4H3/t10?,11-,12+. The maximum absolute atomic E-state index is 11.9. The van der Waals surface area contributed by atoms with Crippen molar-refractivity contribution in [1.82, 2.24) is 4.90 Å². The topological polar surface area (TPSA) is 20.3 Å². The molecule has 0 spiro atoms. The van der Waals surface area contributed by atoms with Crippen LogP contribution in [0.3, 0.4) is 0 Å². The summed E-state index contributed by atoms with van der Waals surface area (Å²) in [5.74, 6) is 0.643. The van der Waals surface area contributed by atoms with Gasteiger partial charge in [-0.3, -0.25) is 9.69 Å². The molecule has 3 atom stereocenters. The fourth-order valence-corrected chi connectivity index (χ4v) is 2.35. The summed E-state index contributed by atoms with van der Waals surface area (Å²) in [7, 11) is 0. The molecule has 1 saturated heterocycles. The molecule has 2 nitrogen and oxygen atoms in total. The molecule has 1 fully saturated rings. The minimum absolute atomic E-state index is 0.228. The Morgan fingerprint density at radius 2 is 1.87 bits per heavy atom. The van der Waals surface area contributed by atoms with E-state index in [2.05, 4.69) is 25.7 Å². The quantitative estimate of drug-likeness (QED) is 0.712. The van der Waals surface area contributed by atoms with Crippen molar-refractivity contribution in [3.05, 3.63) is 0 Å². The molecule has 15 heavy (non-hydrogen) atoms. The summed E-state index contributed by atoms with van der Waals surface area (Å²) in [6.45, 7) is 9.30. The van der Waals surface area contributed by atoms with Gasteiger partial charge in [-0.1, -0.05) is 20.3 Å². The zero-order chi connectivity index (χ0) is 11.4. The van der Waals surface area contributed by atoms with Gasteiger partial charge in [-0.15, -0.1) is 0 Å². The van der Waals surface area contributed by atoms with Crippen LogP contribution in [0.2, 0.25) is 0 Å². The van der Waals surface area contributed by atoms with Gasteiger partial charge in [0, 0.05) is 18.0 Å². The van der Waals surface area contributed by atoms with Crippen molar-refractivity contribution in [3.63, 3.8) is 0 Å². The van der Waals surface area contributed by atoms with Crippen molar-refractivity contribution in [3.8, 4) is 0 Å². The largest absolute Gasteiger partial charge is 0.298 e. The second-order valence-corrected chi connectivity index (χ2v) is 5.08. The van der Waals surface area contributed by atoms with E-state index < -0.39 is 0 Å². The smallest absolute Gasteiger partial charge is 0.149 e. The van der Waals surface area contributed by atoms with E-state index in [-0.39, 0.29) is 5.92 Å². The predicted molar refractivity (Wildman–Crippen MR) is 63.9 cm³/mol. The highest BCUT2D eigenvalue weighted by Gasteiger charge is 2.27. The lowest BCUT2D eigenvalue weighted by Crippen LogP contribution is -2.47. The Hall–Kier alpha value is -0.370. The lowest BCUT2D eigenvalue weighted by Gasteiger charge is -2.38. The van der Waals surface area contributed by atoms with E-state index in [9.17, 15) is 4.79 Å². The highest BCUT2D eigenvalue weighted by atomic mass is 16.1. The molecule has 2 heteroatoms. The molecule has 1 heterocycles. The Balaban J connectivity index is 2.51. The van der Waals surface area contributed by atoms with Gasteiger partial charge in [0.05, 0.1) is 6.54 Å². The Kier molecular flexibility index (Phi) is 4.78. The van der Waals surface area contributed by atoms with Gasteiger partial charge in [-0.25, -0.2) is 0 Å². The fraction of sp³-hybridized carbons (Fsp3) is 0.923. The monoisotopic (exact) mass is 211 g/mol. The number of Topliss-reactive ketones (excluding diaryl/α,β-unsaturated/α-hetero) is 1. The SMILES string of the molecule is CCC(C)C(=O)CN1[C@H](C)CCC[C@@H]1C. The molecule has 0 bridgehead atoms. The predicted octanol–water partition coefficient (Wildman–Crippen LogP) is 2.86. The van der Waals surface area contributed by atoms with Crippen LogP contribution in [-0.4, -0.2) is 29.3 Å². The molecule has 0 aliphatic carbocycles. The van der Waals surface area contributed by atoms with E-state index in [0.717, 1.165) is 6.42 Å². The van der Waals surface area contributed by atoms with Gasteiger partial charge in [0.15, 0.2) is 0 Å². The lowest BCUT2D eigenvalue weighted by atomic mass is 9.95. The van der Waals surface area contributed by atoms with E-state index in [4.69, 9.17) is 0 Å². The maximum atomic E-state index is 11.9. The Bertz CT molecular complexity index is 205. The summed E-state index contributed by atoms with van der Waals surface area (Å²) in [6, 6.07) is 1.17. The van der Waals surface area contributed by atoms with Crippen molar-refractivity contribution >= 4 is 5.78 Å². The number of rotatable bonds is 4. The Morgan fingerprint density at radius 1 is 1.33 bits per heavy atom. The van der Waals surface area contributed by atoms with Gasteiger partial charge in [0.1, 0.15) is 5.78 Å². The molecular weight excluding hydrogens is 186 g/mol. The zero-order valence-corrected chi connectivity index (χ0v) is 10.6. The van der Waals surface area contributed by atoms with Crippen LogP contribution in [0, 0.1) is 5.92 Å². The van der Waals surface area contributed by atoms with Gasteiger partial charge >= 0.3 is 0 Å². The number of likely N-dealkylation sites (tertiary alicyclic amines) is 1. The van der Waals surface area contributed by atoms with Crippen molar-refractivity contribution in [2.45, 2.75) is 65.5 Å². The van der Waals surface area contributed by atoms with E-state index in [1.165, 1.54) is 19.3 Å². The highest BCUT2D eigenvalue weighted by Crippen LogP contribution is 2.22. The average Bonchev–Trinajstić information content (AvgIpc) is 2.22.